The fraction of sp³-hybridized carbons (Fsp3) is 0.300. The van der Waals surface area contributed by atoms with Gasteiger partial charge in [0.05, 0.1) is 0 Å². The van der Waals surface area contributed by atoms with Crippen molar-refractivity contribution < 1.29 is 9.90 Å². The van der Waals surface area contributed by atoms with Crippen molar-refractivity contribution in [2.45, 2.75) is 23.0 Å². The Bertz CT molecular complexity index is 349. The van der Waals surface area contributed by atoms with Crippen LogP contribution in [0.2, 0.25) is 0 Å². The number of fused-ring (bicyclic) bond motifs is 1. The molecule has 1 aliphatic heterocycles. The van der Waals surface area contributed by atoms with Crippen LogP contribution >= 0.6 is 11.8 Å². The molecular formula is C10H10O2S. The van der Waals surface area contributed by atoms with E-state index in [2.05, 4.69) is 0 Å². The number of aliphatic carboxylic acids is 1. The summed E-state index contributed by atoms with van der Waals surface area (Å²) in [5, 5.41) is 8.63. The van der Waals surface area contributed by atoms with Gasteiger partial charge in [-0.15, -0.1) is 11.8 Å². The lowest BCUT2D eigenvalue weighted by molar-refractivity contribution is -0.136. The van der Waals surface area contributed by atoms with E-state index in [0.29, 0.717) is 0 Å². The Kier molecular flexibility index (Phi) is 2.04. The monoisotopic (exact) mass is 194 g/mol. The molecular weight excluding hydrogens is 184 g/mol. The number of carbonyl (C=O) groups is 1. The van der Waals surface area contributed by atoms with Gasteiger partial charge in [0, 0.05) is 10.8 Å². The SMILES string of the molecule is CC1c2ccccc2SC1C(=O)O. The van der Waals surface area contributed by atoms with Gasteiger partial charge in [0.25, 0.3) is 0 Å². The minimum absolute atomic E-state index is 0.124. The van der Waals surface area contributed by atoms with Crippen LogP contribution in [-0.4, -0.2) is 16.3 Å². The molecule has 0 radical (unpaired) electrons. The predicted molar refractivity (Wildman–Crippen MR) is 52.1 cm³/mol. The van der Waals surface area contributed by atoms with Crippen LogP contribution in [0.25, 0.3) is 0 Å². The van der Waals surface area contributed by atoms with Crippen LogP contribution in [0, 0.1) is 0 Å². The molecule has 1 heterocycles. The van der Waals surface area contributed by atoms with E-state index in [1.165, 1.54) is 17.3 Å². The van der Waals surface area contributed by atoms with E-state index in [1.807, 2.05) is 31.2 Å². The van der Waals surface area contributed by atoms with Gasteiger partial charge in [-0.1, -0.05) is 25.1 Å². The first-order valence-electron chi connectivity index (χ1n) is 4.18. The summed E-state index contributed by atoms with van der Waals surface area (Å²) >= 11 is 1.45. The van der Waals surface area contributed by atoms with E-state index < -0.39 is 5.97 Å². The fourth-order valence-corrected chi connectivity index (χ4v) is 2.90. The van der Waals surface area contributed by atoms with Crippen LogP contribution in [0.4, 0.5) is 0 Å². The van der Waals surface area contributed by atoms with Crippen molar-refractivity contribution in [2.75, 3.05) is 0 Å². The lowest BCUT2D eigenvalue weighted by atomic mass is 9.98. The first kappa shape index (κ1) is 8.63. The van der Waals surface area contributed by atoms with Gasteiger partial charge in [-0.2, -0.15) is 0 Å². The Morgan fingerprint density at radius 2 is 2.15 bits per heavy atom. The van der Waals surface area contributed by atoms with Gasteiger partial charge in [-0.25, -0.2) is 0 Å². The predicted octanol–water partition coefficient (Wildman–Crippen LogP) is 2.35. The summed E-state index contributed by atoms with van der Waals surface area (Å²) < 4.78 is 0. The molecule has 2 nitrogen and oxygen atoms in total. The van der Waals surface area contributed by atoms with Crippen molar-refractivity contribution in [3.63, 3.8) is 0 Å². The summed E-state index contributed by atoms with van der Waals surface area (Å²) in [6, 6.07) is 7.90. The molecule has 2 atom stereocenters. The molecule has 1 N–H and O–H groups in total. The molecule has 68 valence electrons. The van der Waals surface area contributed by atoms with E-state index in [4.69, 9.17) is 5.11 Å². The maximum Gasteiger partial charge on any atom is 0.317 e. The summed E-state index contributed by atoms with van der Waals surface area (Å²) in [7, 11) is 0. The Labute approximate surface area is 81.0 Å². The molecule has 0 spiro atoms. The second kappa shape index (κ2) is 3.07. The average Bonchev–Trinajstić information content (AvgIpc) is 2.45. The number of hydrogen-bond acceptors (Lipinski definition) is 2. The molecule has 0 aliphatic carbocycles. The van der Waals surface area contributed by atoms with Crippen molar-refractivity contribution in [2.24, 2.45) is 0 Å². The van der Waals surface area contributed by atoms with Crippen LogP contribution in [0.1, 0.15) is 18.4 Å². The number of thioether (sulfide) groups is 1. The first-order chi connectivity index (χ1) is 6.20. The van der Waals surface area contributed by atoms with Gasteiger partial charge in [0.1, 0.15) is 5.25 Å². The Morgan fingerprint density at radius 1 is 1.46 bits per heavy atom. The molecule has 0 saturated heterocycles. The summed E-state index contributed by atoms with van der Waals surface area (Å²) in [5.41, 5.74) is 1.17. The van der Waals surface area contributed by atoms with Gasteiger partial charge in [0.15, 0.2) is 0 Å². The molecule has 2 rings (SSSR count). The lowest BCUT2D eigenvalue weighted by Gasteiger charge is -2.08. The van der Waals surface area contributed by atoms with E-state index in [-0.39, 0.29) is 11.2 Å². The van der Waals surface area contributed by atoms with Gasteiger partial charge in [0.2, 0.25) is 0 Å². The third-order valence-corrected chi connectivity index (χ3v) is 3.85. The van der Waals surface area contributed by atoms with Crippen molar-refractivity contribution in [3.8, 4) is 0 Å². The van der Waals surface area contributed by atoms with E-state index in [9.17, 15) is 4.79 Å². The third-order valence-electron chi connectivity index (χ3n) is 2.36. The number of rotatable bonds is 1. The molecule has 0 aromatic heterocycles. The maximum absolute atomic E-state index is 10.9. The lowest BCUT2D eigenvalue weighted by Crippen LogP contribution is -2.18. The molecule has 3 heteroatoms. The van der Waals surface area contributed by atoms with E-state index >= 15 is 0 Å². The molecule has 2 unspecified atom stereocenters. The quantitative estimate of drug-likeness (QED) is 0.745. The van der Waals surface area contributed by atoms with E-state index in [1.54, 1.807) is 0 Å². The molecule has 1 aromatic carbocycles. The van der Waals surface area contributed by atoms with Crippen LogP contribution in [-0.2, 0) is 4.79 Å². The van der Waals surface area contributed by atoms with E-state index in [0.717, 1.165) is 4.90 Å². The zero-order valence-electron chi connectivity index (χ0n) is 7.23. The fourth-order valence-electron chi connectivity index (χ4n) is 1.63. The average molecular weight is 194 g/mol. The smallest absolute Gasteiger partial charge is 0.317 e. The highest BCUT2D eigenvalue weighted by Crippen LogP contribution is 2.44. The molecule has 0 saturated carbocycles. The molecule has 13 heavy (non-hydrogen) atoms. The molecule has 0 fully saturated rings. The topological polar surface area (TPSA) is 37.3 Å². The highest BCUT2D eigenvalue weighted by Gasteiger charge is 2.34. The van der Waals surface area contributed by atoms with Crippen molar-refractivity contribution >= 4 is 17.7 Å². The van der Waals surface area contributed by atoms with Crippen molar-refractivity contribution in [3.05, 3.63) is 29.8 Å². The Hall–Kier alpha value is -0.960. The minimum Gasteiger partial charge on any atom is -0.480 e. The Balaban J connectivity index is 2.38. The number of hydrogen-bond donors (Lipinski definition) is 1. The van der Waals surface area contributed by atoms with Gasteiger partial charge in [-0.05, 0) is 11.6 Å². The van der Waals surface area contributed by atoms with Gasteiger partial charge < -0.3 is 5.11 Å². The third kappa shape index (κ3) is 1.33. The Morgan fingerprint density at radius 3 is 2.77 bits per heavy atom. The van der Waals surface area contributed by atoms with Crippen LogP contribution in [0.15, 0.2) is 29.2 Å². The summed E-state index contributed by atoms with van der Waals surface area (Å²) in [6.45, 7) is 1.97. The van der Waals surface area contributed by atoms with Crippen LogP contribution in [0.5, 0.6) is 0 Å². The first-order valence-corrected chi connectivity index (χ1v) is 5.06. The van der Waals surface area contributed by atoms with Crippen LogP contribution in [0.3, 0.4) is 0 Å². The van der Waals surface area contributed by atoms with Gasteiger partial charge in [-0.3, -0.25) is 4.79 Å². The van der Waals surface area contributed by atoms with Gasteiger partial charge >= 0.3 is 5.97 Å². The molecule has 0 bridgehead atoms. The zero-order valence-corrected chi connectivity index (χ0v) is 8.04. The summed E-state index contributed by atoms with van der Waals surface area (Å²) in [5.74, 6) is -0.590. The van der Waals surface area contributed by atoms with Crippen LogP contribution < -0.4 is 0 Å². The van der Waals surface area contributed by atoms with Crippen molar-refractivity contribution in [1.29, 1.82) is 0 Å². The second-order valence-corrected chi connectivity index (χ2v) is 4.39. The zero-order chi connectivity index (χ0) is 9.42. The minimum atomic E-state index is -0.714. The highest BCUT2D eigenvalue weighted by molar-refractivity contribution is 8.01. The number of carboxylic acids is 1. The number of benzene rings is 1. The highest BCUT2D eigenvalue weighted by atomic mass is 32.2. The standard InChI is InChI=1S/C10H10O2S/c1-6-7-4-2-3-5-8(7)13-9(6)10(11)12/h2-6,9H,1H3,(H,11,12). The summed E-state index contributed by atoms with van der Waals surface area (Å²) in [6.07, 6.45) is 0. The number of carboxylic acid groups (broad SMARTS) is 1. The largest absolute Gasteiger partial charge is 0.480 e. The molecule has 0 amide bonds. The molecule has 1 aromatic rings. The second-order valence-electron chi connectivity index (χ2n) is 3.20. The summed E-state index contributed by atoms with van der Waals surface area (Å²) in [4.78, 5) is 12.0. The molecule has 1 aliphatic rings. The normalized spacial score (nSPS) is 25.6. The van der Waals surface area contributed by atoms with Crippen molar-refractivity contribution in [1.82, 2.24) is 0 Å². The maximum atomic E-state index is 10.9.